The van der Waals surface area contributed by atoms with E-state index in [4.69, 9.17) is 4.74 Å². The number of aromatic nitrogens is 1. The lowest BCUT2D eigenvalue weighted by Gasteiger charge is -2.43. The van der Waals surface area contributed by atoms with Crippen LogP contribution < -0.4 is 15.6 Å². The van der Waals surface area contributed by atoms with Crippen LogP contribution >= 0.6 is 0 Å². The van der Waals surface area contributed by atoms with E-state index in [2.05, 4.69) is 5.32 Å². The normalized spacial score (nSPS) is 19.2. The second-order valence-corrected chi connectivity index (χ2v) is 8.81. The molecule has 5 rings (SSSR count). The predicted octanol–water partition coefficient (Wildman–Crippen LogP) is 4.48. The highest BCUT2D eigenvalue weighted by molar-refractivity contribution is 5.89. The molecule has 164 valence electrons. The fourth-order valence-electron chi connectivity index (χ4n) is 5.03. The minimum absolute atomic E-state index is 0.0320. The van der Waals surface area contributed by atoms with E-state index in [1.54, 1.807) is 13.2 Å². The summed E-state index contributed by atoms with van der Waals surface area (Å²) < 4.78 is 7.22. The summed E-state index contributed by atoms with van der Waals surface area (Å²) in [5.74, 6) is 1.19. The van der Waals surface area contributed by atoms with Gasteiger partial charge in [0.25, 0.3) is 5.56 Å². The Bertz CT molecular complexity index is 1200. The molecule has 6 nitrogen and oxygen atoms in total. The monoisotopic (exact) mass is 429 g/mol. The number of ether oxygens (including phenoxy) is 1. The van der Waals surface area contributed by atoms with Crippen LogP contribution in [0.1, 0.15) is 23.6 Å². The van der Waals surface area contributed by atoms with E-state index in [1.165, 1.54) is 0 Å². The average Bonchev–Trinajstić information content (AvgIpc) is 2.81. The van der Waals surface area contributed by atoms with Gasteiger partial charge in [-0.25, -0.2) is 4.79 Å². The Kier molecular flexibility index (Phi) is 5.21. The average molecular weight is 430 g/mol. The van der Waals surface area contributed by atoms with Crippen LogP contribution in [0, 0.1) is 12.8 Å². The summed E-state index contributed by atoms with van der Waals surface area (Å²) >= 11 is 0. The van der Waals surface area contributed by atoms with Crippen molar-refractivity contribution in [3.05, 3.63) is 82.3 Å². The molecule has 1 N–H and O–H groups in total. The molecule has 2 atom stereocenters. The molecule has 2 bridgehead atoms. The first kappa shape index (κ1) is 20.4. The number of likely N-dealkylation sites (tertiary alicyclic amines) is 1. The van der Waals surface area contributed by atoms with Crippen molar-refractivity contribution in [2.75, 3.05) is 25.5 Å². The van der Waals surface area contributed by atoms with E-state index in [-0.39, 0.29) is 23.4 Å². The maximum absolute atomic E-state index is 13.0. The van der Waals surface area contributed by atoms with Gasteiger partial charge in [0.1, 0.15) is 5.75 Å². The third-order valence-corrected chi connectivity index (χ3v) is 6.58. The number of nitrogens with zero attached hydrogens (tertiary/aromatic N) is 2. The Labute approximate surface area is 187 Å². The largest absolute Gasteiger partial charge is 0.497 e. The first-order valence-electron chi connectivity index (χ1n) is 11.0. The second-order valence-electron chi connectivity index (χ2n) is 8.81. The lowest BCUT2D eigenvalue weighted by molar-refractivity contribution is 0.140. The summed E-state index contributed by atoms with van der Waals surface area (Å²) in [6.45, 7) is 3.92. The Hall–Kier alpha value is -3.54. The van der Waals surface area contributed by atoms with Crippen molar-refractivity contribution < 1.29 is 9.53 Å². The smallest absolute Gasteiger partial charge is 0.321 e. The quantitative estimate of drug-likeness (QED) is 0.668. The van der Waals surface area contributed by atoms with Crippen LogP contribution in [0.2, 0.25) is 0 Å². The number of urea groups is 1. The number of piperidine rings is 1. The number of rotatable bonds is 3. The Balaban J connectivity index is 1.45. The van der Waals surface area contributed by atoms with E-state index < -0.39 is 0 Å². The van der Waals surface area contributed by atoms with Crippen molar-refractivity contribution in [2.45, 2.75) is 25.8 Å². The molecule has 1 saturated heterocycles. The molecule has 2 aliphatic rings. The second kappa shape index (κ2) is 8.19. The minimum atomic E-state index is -0.0821. The molecule has 32 heavy (non-hydrogen) atoms. The highest BCUT2D eigenvalue weighted by Gasteiger charge is 2.37. The van der Waals surface area contributed by atoms with Gasteiger partial charge in [0.15, 0.2) is 0 Å². The Morgan fingerprint density at radius 1 is 0.969 bits per heavy atom. The van der Waals surface area contributed by atoms with Gasteiger partial charge in [-0.1, -0.05) is 29.8 Å². The number of methoxy groups -OCH3 is 1. The highest BCUT2D eigenvalue weighted by atomic mass is 16.5. The van der Waals surface area contributed by atoms with Crippen molar-refractivity contribution in [3.63, 3.8) is 0 Å². The van der Waals surface area contributed by atoms with Gasteiger partial charge < -0.3 is 19.5 Å². The van der Waals surface area contributed by atoms with Crippen molar-refractivity contribution in [1.29, 1.82) is 0 Å². The number of benzene rings is 2. The van der Waals surface area contributed by atoms with Gasteiger partial charge in [-0.05, 0) is 55.2 Å². The van der Waals surface area contributed by atoms with Gasteiger partial charge in [0, 0.05) is 48.6 Å². The molecule has 1 fully saturated rings. The first-order chi connectivity index (χ1) is 15.5. The van der Waals surface area contributed by atoms with E-state index in [0.717, 1.165) is 40.2 Å². The lowest BCUT2D eigenvalue weighted by atomic mass is 9.80. The summed E-state index contributed by atoms with van der Waals surface area (Å²) in [5.41, 5.74) is 5.12. The standard InChI is InChI=1S/C26H27N3O3/c1-17-3-7-21(8-4-17)27-26(31)28-14-18-13-20(16-28)25-23(11-12-24(30)29(25)15-18)19-5-9-22(32-2)10-6-19/h3-12,18,20H,13-16H2,1-2H3,(H,27,31)/t18-,20+/m0/s1. The predicted molar refractivity (Wildman–Crippen MR) is 125 cm³/mol. The number of aryl methyl sites for hydroxylation is 1. The van der Waals surface area contributed by atoms with Gasteiger partial charge in [-0.2, -0.15) is 0 Å². The molecule has 0 radical (unpaired) electrons. The van der Waals surface area contributed by atoms with Gasteiger partial charge in [-0.3, -0.25) is 4.79 Å². The van der Waals surface area contributed by atoms with E-state index in [1.807, 2.05) is 71.0 Å². The molecular formula is C26H27N3O3. The number of fused-ring (bicyclic) bond motifs is 4. The van der Waals surface area contributed by atoms with E-state index >= 15 is 0 Å². The third kappa shape index (κ3) is 3.77. The maximum atomic E-state index is 13.0. The number of carbonyl (C=O) groups excluding carboxylic acids is 1. The molecule has 3 aromatic rings. The zero-order valence-corrected chi connectivity index (χ0v) is 18.4. The first-order valence-corrected chi connectivity index (χ1v) is 11.0. The molecule has 3 heterocycles. The summed E-state index contributed by atoms with van der Waals surface area (Å²) in [4.78, 5) is 27.6. The van der Waals surface area contributed by atoms with Crippen LogP contribution in [0.15, 0.2) is 65.5 Å². The molecule has 0 unspecified atom stereocenters. The molecule has 6 heteroatoms. The van der Waals surface area contributed by atoms with Gasteiger partial charge >= 0.3 is 6.03 Å². The number of hydrogen-bond donors (Lipinski definition) is 1. The maximum Gasteiger partial charge on any atom is 0.321 e. The molecule has 2 aromatic carbocycles. The summed E-state index contributed by atoms with van der Waals surface area (Å²) in [6, 6.07) is 19.2. The number of pyridine rings is 1. The van der Waals surface area contributed by atoms with Crippen molar-refractivity contribution in [2.24, 2.45) is 5.92 Å². The number of amides is 2. The van der Waals surface area contributed by atoms with Gasteiger partial charge in [0.2, 0.25) is 0 Å². The van der Waals surface area contributed by atoms with Crippen molar-refractivity contribution >= 4 is 11.7 Å². The van der Waals surface area contributed by atoms with Crippen LogP contribution in [0.3, 0.4) is 0 Å². The zero-order chi connectivity index (χ0) is 22.2. The minimum Gasteiger partial charge on any atom is -0.497 e. The van der Waals surface area contributed by atoms with Crippen LogP contribution in [-0.4, -0.2) is 35.7 Å². The lowest BCUT2D eigenvalue weighted by Crippen LogP contribution is -2.50. The fraction of sp³-hybridized carbons (Fsp3) is 0.308. The molecule has 0 aliphatic carbocycles. The highest BCUT2D eigenvalue weighted by Crippen LogP contribution is 2.40. The number of carbonyl (C=O) groups is 1. The summed E-state index contributed by atoms with van der Waals surface area (Å²) in [6.07, 6.45) is 0.987. The molecule has 0 spiro atoms. The Morgan fingerprint density at radius 2 is 1.72 bits per heavy atom. The van der Waals surface area contributed by atoms with Gasteiger partial charge in [0.05, 0.1) is 7.11 Å². The third-order valence-electron chi connectivity index (χ3n) is 6.58. The SMILES string of the molecule is COc1ccc(-c2ccc(=O)n3c2[C@@H]2C[C@@H](CN(C(=O)Nc4ccc(C)cc4)C2)C3)cc1. The molecule has 2 aliphatic heterocycles. The topological polar surface area (TPSA) is 63.6 Å². The zero-order valence-electron chi connectivity index (χ0n) is 18.4. The van der Waals surface area contributed by atoms with E-state index in [0.29, 0.717) is 19.6 Å². The molecular weight excluding hydrogens is 402 g/mol. The molecule has 1 aromatic heterocycles. The number of anilines is 1. The Morgan fingerprint density at radius 3 is 2.44 bits per heavy atom. The summed E-state index contributed by atoms with van der Waals surface area (Å²) in [7, 11) is 1.65. The van der Waals surface area contributed by atoms with Crippen LogP contribution in [-0.2, 0) is 6.54 Å². The van der Waals surface area contributed by atoms with Crippen LogP contribution in [0.4, 0.5) is 10.5 Å². The fourth-order valence-corrected chi connectivity index (χ4v) is 5.03. The molecule has 2 amide bonds. The van der Waals surface area contributed by atoms with E-state index in [9.17, 15) is 9.59 Å². The van der Waals surface area contributed by atoms with Crippen LogP contribution in [0.25, 0.3) is 11.1 Å². The van der Waals surface area contributed by atoms with Crippen molar-refractivity contribution in [1.82, 2.24) is 9.47 Å². The molecule has 0 saturated carbocycles. The summed E-state index contributed by atoms with van der Waals surface area (Å²) in [5, 5.41) is 3.03. The van der Waals surface area contributed by atoms with Gasteiger partial charge in [-0.15, -0.1) is 0 Å². The van der Waals surface area contributed by atoms with Crippen molar-refractivity contribution in [3.8, 4) is 16.9 Å². The van der Waals surface area contributed by atoms with Crippen LogP contribution in [0.5, 0.6) is 5.75 Å². The number of hydrogen-bond acceptors (Lipinski definition) is 3. The number of nitrogens with one attached hydrogen (secondary N) is 1.